The van der Waals surface area contributed by atoms with E-state index in [-0.39, 0.29) is 17.7 Å². The molecular weight excluding hydrogens is 446 g/mol. The van der Waals surface area contributed by atoms with E-state index in [1.165, 1.54) is 0 Å². The number of rotatable bonds is 2. The Hall–Kier alpha value is -2.11. The standard InChI is InChI=1S/C19H21BrClN5O2/c1-19(2,3)28-18(27)26-9-8-25(11-13(26)6-7-22)16-14-5-4-12(20)10-15(14)23-17(21)24-16/h4-5,10,13H,6,8-9,11H2,1-3H3/t13-/m0/s1. The lowest BCUT2D eigenvalue weighted by Crippen LogP contribution is -2.56. The Labute approximate surface area is 177 Å². The lowest BCUT2D eigenvalue weighted by Gasteiger charge is -2.41. The van der Waals surface area contributed by atoms with Gasteiger partial charge in [-0.3, -0.25) is 0 Å². The number of hydrogen-bond donors (Lipinski definition) is 0. The van der Waals surface area contributed by atoms with Gasteiger partial charge in [0.15, 0.2) is 0 Å². The molecule has 3 rings (SSSR count). The lowest BCUT2D eigenvalue weighted by atomic mass is 10.1. The molecule has 0 aliphatic carbocycles. The van der Waals surface area contributed by atoms with Crippen molar-refractivity contribution in [3.05, 3.63) is 28.0 Å². The first-order valence-electron chi connectivity index (χ1n) is 8.92. The fraction of sp³-hybridized carbons (Fsp3) is 0.474. The van der Waals surface area contributed by atoms with Crippen LogP contribution in [0.1, 0.15) is 27.2 Å². The maximum absolute atomic E-state index is 12.6. The maximum Gasteiger partial charge on any atom is 0.410 e. The number of piperazine rings is 1. The van der Waals surface area contributed by atoms with Gasteiger partial charge in [-0.2, -0.15) is 10.2 Å². The van der Waals surface area contributed by atoms with Crippen LogP contribution in [-0.4, -0.2) is 52.2 Å². The van der Waals surface area contributed by atoms with Gasteiger partial charge in [0.25, 0.3) is 0 Å². The molecule has 0 saturated carbocycles. The number of nitrogens with zero attached hydrogens (tertiary/aromatic N) is 5. The van der Waals surface area contributed by atoms with Crippen LogP contribution in [0.5, 0.6) is 0 Å². The Morgan fingerprint density at radius 2 is 2.14 bits per heavy atom. The van der Waals surface area contributed by atoms with E-state index >= 15 is 0 Å². The number of carbonyl (C=O) groups excluding carboxylic acids is 1. The van der Waals surface area contributed by atoms with Crippen molar-refractivity contribution in [3.8, 4) is 6.07 Å². The molecule has 1 saturated heterocycles. The number of carbonyl (C=O) groups is 1. The smallest absolute Gasteiger partial charge is 0.410 e. The molecular formula is C19H21BrClN5O2. The van der Waals surface area contributed by atoms with Gasteiger partial charge in [-0.15, -0.1) is 0 Å². The zero-order valence-electron chi connectivity index (χ0n) is 15.9. The van der Waals surface area contributed by atoms with E-state index in [1.807, 2.05) is 43.9 Å². The second kappa shape index (κ2) is 8.10. The molecule has 0 spiro atoms. The summed E-state index contributed by atoms with van der Waals surface area (Å²) in [5.74, 6) is 0.703. The van der Waals surface area contributed by atoms with Gasteiger partial charge in [0.2, 0.25) is 5.28 Å². The van der Waals surface area contributed by atoms with E-state index in [4.69, 9.17) is 16.3 Å². The molecule has 1 amide bonds. The molecule has 0 N–H and O–H groups in total. The zero-order chi connectivity index (χ0) is 20.5. The minimum absolute atomic E-state index is 0.159. The van der Waals surface area contributed by atoms with Crippen LogP contribution in [0.15, 0.2) is 22.7 Å². The molecule has 9 heteroatoms. The van der Waals surface area contributed by atoms with E-state index in [0.29, 0.717) is 25.5 Å². The van der Waals surface area contributed by atoms with Crippen molar-refractivity contribution in [2.24, 2.45) is 0 Å². The molecule has 0 unspecified atom stereocenters. The largest absolute Gasteiger partial charge is 0.444 e. The molecule has 148 valence electrons. The van der Waals surface area contributed by atoms with Crippen LogP contribution in [-0.2, 0) is 4.74 Å². The van der Waals surface area contributed by atoms with Gasteiger partial charge in [0.1, 0.15) is 11.4 Å². The summed E-state index contributed by atoms with van der Waals surface area (Å²) in [6.45, 7) is 6.93. The summed E-state index contributed by atoms with van der Waals surface area (Å²) in [4.78, 5) is 25.0. The van der Waals surface area contributed by atoms with Gasteiger partial charge < -0.3 is 14.5 Å². The van der Waals surface area contributed by atoms with Crippen LogP contribution in [0.2, 0.25) is 5.28 Å². The van der Waals surface area contributed by atoms with Crippen LogP contribution >= 0.6 is 27.5 Å². The van der Waals surface area contributed by atoms with Gasteiger partial charge in [-0.1, -0.05) is 15.9 Å². The van der Waals surface area contributed by atoms with Gasteiger partial charge >= 0.3 is 6.09 Å². The van der Waals surface area contributed by atoms with E-state index < -0.39 is 11.7 Å². The maximum atomic E-state index is 12.6. The van der Waals surface area contributed by atoms with E-state index in [2.05, 4.69) is 32.0 Å². The monoisotopic (exact) mass is 465 g/mol. The summed E-state index contributed by atoms with van der Waals surface area (Å²) in [5.41, 5.74) is 0.144. The third-order valence-corrected chi connectivity index (χ3v) is 5.01. The Bertz CT molecular complexity index is 935. The quantitative estimate of drug-likeness (QED) is 0.611. The Morgan fingerprint density at radius 3 is 2.82 bits per heavy atom. The SMILES string of the molecule is CC(C)(C)OC(=O)N1CCN(c2nc(Cl)nc3cc(Br)ccc23)C[C@@H]1CC#N. The van der Waals surface area contributed by atoms with Crippen molar-refractivity contribution in [1.82, 2.24) is 14.9 Å². The van der Waals surface area contributed by atoms with Crippen LogP contribution in [0, 0.1) is 11.3 Å². The first-order valence-corrected chi connectivity index (χ1v) is 10.1. The molecule has 7 nitrogen and oxygen atoms in total. The summed E-state index contributed by atoms with van der Waals surface area (Å²) < 4.78 is 6.41. The van der Waals surface area contributed by atoms with E-state index in [9.17, 15) is 10.1 Å². The number of ether oxygens (including phenoxy) is 1. The number of aromatic nitrogens is 2. The molecule has 1 fully saturated rings. The number of halogens is 2. The molecule has 28 heavy (non-hydrogen) atoms. The third kappa shape index (κ3) is 4.65. The fourth-order valence-corrected chi connectivity index (χ4v) is 3.71. The highest BCUT2D eigenvalue weighted by molar-refractivity contribution is 9.10. The average Bonchev–Trinajstić information content (AvgIpc) is 2.59. The number of benzene rings is 1. The van der Waals surface area contributed by atoms with Gasteiger partial charge in [-0.05, 0) is 50.6 Å². The van der Waals surface area contributed by atoms with Crippen molar-refractivity contribution in [2.75, 3.05) is 24.5 Å². The number of hydrogen-bond acceptors (Lipinski definition) is 6. The topological polar surface area (TPSA) is 82.3 Å². The normalized spacial score (nSPS) is 17.5. The highest BCUT2D eigenvalue weighted by atomic mass is 79.9. The number of nitriles is 1. The molecule has 2 aromatic rings. The summed E-state index contributed by atoms with van der Waals surface area (Å²) in [6, 6.07) is 7.62. The second-order valence-corrected chi connectivity index (χ2v) is 8.87. The van der Waals surface area contributed by atoms with Crippen molar-refractivity contribution in [2.45, 2.75) is 38.8 Å². The first-order chi connectivity index (χ1) is 13.2. The molecule has 0 radical (unpaired) electrons. The molecule has 0 bridgehead atoms. The fourth-order valence-electron chi connectivity index (χ4n) is 3.19. The number of fused-ring (bicyclic) bond motifs is 1. The van der Waals surface area contributed by atoms with Crippen LogP contribution < -0.4 is 4.90 Å². The Kier molecular flexibility index (Phi) is 5.96. The molecule has 1 atom stereocenters. The summed E-state index contributed by atoms with van der Waals surface area (Å²) in [5, 5.41) is 10.3. The summed E-state index contributed by atoms with van der Waals surface area (Å²) in [6.07, 6.45) is -0.195. The van der Waals surface area contributed by atoms with E-state index in [1.54, 1.807) is 4.90 Å². The predicted molar refractivity (Wildman–Crippen MR) is 111 cm³/mol. The zero-order valence-corrected chi connectivity index (χ0v) is 18.3. The molecule has 1 aromatic heterocycles. The number of amides is 1. The van der Waals surface area contributed by atoms with Crippen LogP contribution in [0.3, 0.4) is 0 Å². The minimum atomic E-state index is -0.588. The summed E-state index contributed by atoms with van der Waals surface area (Å²) in [7, 11) is 0. The van der Waals surface area contributed by atoms with Crippen molar-refractivity contribution in [3.63, 3.8) is 0 Å². The Balaban J connectivity index is 1.89. The van der Waals surface area contributed by atoms with Crippen molar-refractivity contribution >= 4 is 50.3 Å². The average molecular weight is 467 g/mol. The summed E-state index contributed by atoms with van der Waals surface area (Å²) >= 11 is 9.59. The third-order valence-electron chi connectivity index (χ3n) is 4.35. The van der Waals surface area contributed by atoms with Gasteiger partial charge in [-0.25, -0.2) is 9.78 Å². The van der Waals surface area contributed by atoms with Crippen LogP contribution in [0.25, 0.3) is 10.9 Å². The highest BCUT2D eigenvalue weighted by Gasteiger charge is 2.34. The number of anilines is 1. The van der Waals surface area contributed by atoms with Gasteiger partial charge in [0, 0.05) is 29.5 Å². The first kappa shape index (κ1) is 20.6. The molecule has 1 aliphatic rings. The van der Waals surface area contributed by atoms with Crippen molar-refractivity contribution in [1.29, 1.82) is 5.26 Å². The van der Waals surface area contributed by atoms with Crippen LogP contribution in [0.4, 0.5) is 10.6 Å². The Morgan fingerprint density at radius 1 is 1.39 bits per heavy atom. The minimum Gasteiger partial charge on any atom is -0.444 e. The predicted octanol–water partition coefficient (Wildman–Crippen LogP) is 4.39. The van der Waals surface area contributed by atoms with E-state index in [0.717, 1.165) is 15.4 Å². The second-order valence-electron chi connectivity index (χ2n) is 7.61. The highest BCUT2D eigenvalue weighted by Crippen LogP contribution is 2.30. The lowest BCUT2D eigenvalue weighted by molar-refractivity contribution is 0.0145. The van der Waals surface area contributed by atoms with Crippen molar-refractivity contribution < 1.29 is 9.53 Å². The molecule has 1 aliphatic heterocycles. The molecule has 2 heterocycles. The van der Waals surface area contributed by atoms with Gasteiger partial charge in [0.05, 0.1) is 24.0 Å². The molecule has 1 aromatic carbocycles.